The maximum atomic E-state index is 13.5. The van der Waals surface area contributed by atoms with Gasteiger partial charge in [-0.3, -0.25) is 4.79 Å². The van der Waals surface area contributed by atoms with E-state index in [0.29, 0.717) is 34.8 Å². The molecule has 0 spiro atoms. The van der Waals surface area contributed by atoms with Crippen LogP contribution in [0.2, 0.25) is 5.02 Å². The molecule has 1 aromatic heterocycles. The molecule has 1 amide bonds. The highest BCUT2D eigenvalue weighted by Crippen LogP contribution is 2.34. The number of hydrogen-bond donors (Lipinski definition) is 2. The van der Waals surface area contributed by atoms with Gasteiger partial charge in [0.15, 0.2) is 5.83 Å². The Balaban J connectivity index is 1.68. The molecular formula is C25H26ClF2N5O2. The van der Waals surface area contributed by atoms with Crippen LogP contribution < -0.4 is 15.4 Å². The number of carbonyl (C=O) groups excluding carboxylic acids is 1. The van der Waals surface area contributed by atoms with E-state index in [9.17, 15) is 13.6 Å². The van der Waals surface area contributed by atoms with Crippen molar-refractivity contribution in [3.05, 3.63) is 59.9 Å². The average Bonchev–Trinajstić information content (AvgIpc) is 3.04. The second-order valence-corrected chi connectivity index (χ2v) is 8.90. The van der Waals surface area contributed by atoms with E-state index in [-0.39, 0.29) is 16.8 Å². The zero-order chi connectivity index (χ0) is 24.9. The number of hydrogen-bond acceptors (Lipinski definition) is 6. The van der Waals surface area contributed by atoms with E-state index in [0.717, 1.165) is 25.8 Å². The van der Waals surface area contributed by atoms with Crippen LogP contribution in [0, 0.1) is 5.82 Å². The summed E-state index contributed by atoms with van der Waals surface area (Å²) in [6, 6.07) is 7.69. The molecule has 2 aromatic carbocycles. The third kappa shape index (κ3) is 6.04. The van der Waals surface area contributed by atoms with Gasteiger partial charge in [0.25, 0.3) is 5.91 Å². The number of nitrogens with zero attached hydrogens (tertiary/aromatic N) is 3. The molecule has 1 aliphatic rings. The summed E-state index contributed by atoms with van der Waals surface area (Å²) in [6.07, 6.45) is 5.83. The number of ether oxygens (including phenoxy) is 1. The Morgan fingerprint density at radius 2 is 2.09 bits per heavy atom. The van der Waals surface area contributed by atoms with Gasteiger partial charge in [-0.25, -0.2) is 18.7 Å². The zero-order valence-electron chi connectivity index (χ0n) is 19.3. The summed E-state index contributed by atoms with van der Waals surface area (Å²) >= 11 is 5.89. The van der Waals surface area contributed by atoms with Crippen molar-refractivity contribution in [3.63, 3.8) is 0 Å². The summed E-state index contributed by atoms with van der Waals surface area (Å²) in [7, 11) is 2.07. The van der Waals surface area contributed by atoms with Gasteiger partial charge in [0.2, 0.25) is 0 Å². The summed E-state index contributed by atoms with van der Waals surface area (Å²) in [5.74, 6) is -1.88. The summed E-state index contributed by atoms with van der Waals surface area (Å²) in [4.78, 5) is 23.0. The van der Waals surface area contributed by atoms with Crippen molar-refractivity contribution in [1.82, 2.24) is 14.9 Å². The van der Waals surface area contributed by atoms with Gasteiger partial charge in [0.05, 0.1) is 16.2 Å². The number of nitrogens with one attached hydrogen (secondary N) is 2. The van der Waals surface area contributed by atoms with Gasteiger partial charge >= 0.3 is 0 Å². The van der Waals surface area contributed by atoms with Gasteiger partial charge < -0.3 is 20.3 Å². The lowest BCUT2D eigenvalue weighted by molar-refractivity contribution is -0.114. The van der Waals surface area contributed by atoms with E-state index in [4.69, 9.17) is 16.3 Å². The Hall–Kier alpha value is -3.30. The van der Waals surface area contributed by atoms with E-state index in [1.165, 1.54) is 30.9 Å². The number of likely N-dealkylation sites (tertiary alicyclic amines) is 1. The minimum Gasteiger partial charge on any atom is -0.490 e. The highest BCUT2D eigenvalue weighted by Gasteiger charge is 2.20. The SMILES string of the molecule is C=C(F)C(=O)Nc1cc2c(Nc3ccc(F)c(Cl)c3)ncnc2cc1OC[C@@H]1CCCCCN1C. The lowest BCUT2D eigenvalue weighted by atomic mass is 10.1. The molecule has 0 saturated carbocycles. The Labute approximate surface area is 207 Å². The first-order chi connectivity index (χ1) is 16.8. The normalized spacial score (nSPS) is 16.5. The average molecular weight is 502 g/mol. The molecule has 0 aliphatic carbocycles. The van der Waals surface area contributed by atoms with Gasteiger partial charge in [-0.1, -0.05) is 31.0 Å². The number of fused-ring (bicyclic) bond motifs is 1. The van der Waals surface area contributed by atoms with Crippen molar-refractivity contribution < 1.29 is 18.3 Å². The van der Waals surface area contributed by atoms with Crippen LogP contribution in [0.3, 0.4) is 0 Å². The maximum absolute atomic E-state index is 13.5. The van der Waals surface area contributed by atoms with E-state index in [1.54, 1.807) is 12.1 Å². The molecule has 1 aliphatic heterocycles. The number of carbonyl (C=O) groups is 1. The molecule has 184 valence electrons. The van der Waals surface area contributed by atoms with Crippen molar-refractivity contribution in [2.75, 3.05) is 30.8 Å². The summed E-state index contributed by atoms with van der Waals surface area (Å²) < 4.78 is 33.2. The number of benzene rings is 2. The number of aromatic nitrogens is 2. The second-order valence-electron chi connectivity index (χ2n) is 8.50. The number of anilines is 3. The van der Waals surface area contributed by atoms with Crippen LogP contribution in [0.5, 0.6) is 5.75 Å². The highest BCUT2D eigenvalue weighted by molar-refractivity contribution is 6.31. The molecule has 0 bridgehead atoms. The predicted octanol–water partition coefficient (Wildman–Crippen LogP) is 5.84. The molecule has 2 heterocycles. The minimum absolute atomic E-state index is 0.0399. The quantitative estimate of drug-likeness (QED) is 0.396. The fourth-order valence-corrected chi connectivity index (χ4v) is 4.20. The molecule has 3 aromatic rings. The van der Waals surface area contributed by atoms with Gasteiger partial charge in [0.1, 0.15) is 30.3 Å². The molecule has 35 heavy (non-hydrogen) atoms. The lowest BCUT2D eigenvalue weighted by Gasteiger charge is -2.26. The molecule has 2 N–H and O–H groups in total. The van der Waals surface area contributed by atoms with Crippen LogP contribution in [-0.2, 0) is 4.79 Å². The topological polar surface area (TPSA) is 79.4 Å². The fraction of sp³-hybridized carbons (Fsp3) is 0.320. The lowest BCUT2D eigenvalue weighted by Crippen LogP contribution is -2.36. The summed E-state index contributed by atoms with van der Waals surface area (Å²) in [5, 5.41) is 6.09. The van der Waals surface area contributed by atoms with Crippen LogP contribution >= 0.6 is 11.6 Å². The van der Waals surface area contributed by atoms with Crippen LogP contribution in [0.1, 0.15) is 25.7 Å². The third-order valence-corrected chi connectivity index (χ3v) is 6.31. The van der Waals surface area contributed by atoms with Crippen molar-refractivity contribution in [3.8, 4) is 5.75 Å². The Morgan fingerprint density at radius 3 is 2.86 bits per heavy atom. The molecule has 7 nitrogen and oxygen atoms in total. The van der Waals surface area contributed by atoms with Crippen molar-refractivity contribution >= 4 is 45.6 Å². The fourth-order valence-electron chi connectivity index (χ4n) is 4.02. The maximum Gasteiger partial charge on any atom is 0.283 e. The number of rotatable bonds is 7. The number of likely N-dealkylation sites (N-methyl/N-ethyl adjacent to an activating group) is 1. The third-order valence-electron chi connectivity index (χ3n) is 6.02. The molecule has 1 atom stereocenters. The summed E-state index contributed by atoms with van der Waals surface area (Å²) in [5.41, 5.74) is 1.31. The predicted molar refractivity (Wildman–Crippen MR) is 133 cm³/mol. The smallest absolute Gasteiger partial charge is 0.283 e. The zero-order valence-corrected chi connectivity index (χ0v) is 20.0. The van der Waals surface area contributed by atoms with Crippen LogP contribution in [-0.4, -0.2) is 47.0 Å². The molecule has 1 saturated heterocycles. The second kappa shape index (κ2) is 11.0. The van der Waals surface area contributed by atoms with Gasteiger partial charge in [-0.2, -0.15) is 0 Å². The standard InChI is InChI=1S/C25H26ClF2N5O2/c1-15(27)25(34)32-22-11-18-21(12-23(22)35-13-17-6-4-3-5-9-33(17)2)29-14-30-24(18)31-16-7-8-20(28)19(26)10-16/h7-8,10-12,14,17H,1,3-6,9,13H2,2H3,(H,32,34)(H,29,30,31)/t17-/m0/s1. The Kier molecular flexibility index (Phi) is 7.77. The van der Waals surface area contributed by atoms with E-state index in [1.807, 2.05) is 0 Å². The van der Waals surface area contributed by atoms with Gasteiger partial charge in [-0.05, 0) is 50.7 Å². The Bertz CT molecular complexity index is 1260. The van der Waals surface area contributed by atoms with E-state index < -0.39 is 17.6 Å². The Morgan fingerprint density at radius 1 is 1.26 bits per heavy atom. The first-order valence-electron chi connectivity index (χ1n) is 11.3. The van der Waals surface area contributed by atoms with Crippen LogP contribution in [0.4, 0.5) is 26.0 Å². The van der Waals surface area contributed by atoms with Gasteiger partial charge in [-0.15, -0.1) is 0 Å². The van der Waals surface area contributed by atoms with Crippen LogP contribution in [0.15, 0.2) is 49.1 Å². The minimum atomic E-state index is -1.12. The number of halogens is 3. The van der Waals surface area contributed by atoms with E-state index in [2.05, 4.69) is 39.1 Å². The van der Waals surface area contributed by atoms with Crippen molar-refractivity contribution in [2.24, 2.45) is 0 Å². The first-order valence-corrected chi connectivity index (χ1v) is 11.7. The molecule has 1 fully saturated rings. The first kappa shape index (κ1) is 24.8. The van der Waals surface area contributed by atoms with Crippen LogP contribution in [0.25, 0.3) is 10.9 Å². The molecule has 10 heteroatoms. The number of amides is 1. The van der Waals surface area contributed by atoms with Gasteiger partial charge in [0, 0.05) is 23.2 Å². The molecular weight excluding hydrogens is 476 g/mol. The largest absolute Gasteiger partial charge is 0.490 e. The molecule has 0 unspecified atom stereocenters. The molecule has 4 rings (SSSR count). The van der Waals surface area contributed by atoms with Crippen molar-refractivity contribution in [1.29, 1.82) is 0 Å². The van der Waals surface area contributed by atoms with Crippen molar-refractivity contribution in [2.45, 2.75) is 31.7 Å². The summed E-state index contributed by atoms with van der Waals surface area (Å²) in [6.45, 7) is 4.47. The molecule has 0 radical (unpaired) electrons. The monoisotopic (exact) mass is 501 g/mol. The van der Waals surface area contributed by atoms with E-state index >= 15 is 0 Å². The highest BCUT2D eigenvalue weighted by atomic mass is 35.5.